The van der Waals surface area contributed by atoms with Crippen molar-refractivity contribution in [3.8, 4) is 0 Å². The van der Waals surface area contributed by atoms with Gasteiger partial charge in [-0.15, -0.1) is 0 Å². The monoisotopic (exact) mass is 237 g/mol. The number of hydrogen-bond acceptors (Lipinski definition) is 4. The second-order valence-corrected chi connectivity index (χ2v) is 4.48. The Balaban J connectivity index is 2.76. The fraction of sp³-hybridized carbons (Fsp3) is 0.364. The average molecular weight is 237 g/mol. The van der Waals surface area contributed by atoms with Gasteiger partial charge in [0.25, 0.3) is 11.6 Å². The molecule has 0 bridgehead atoms. The number of non-ortho nitro benzene ring substituents is 1. The first-order valence-electron chi connectivity index (χ1n) is 5.11. The first kappa shape index (κ1) is 13.1. The lowest BCUT2D eigenvalue weighted by molar-refractivity contribution is -0.384. The molecular formula is C11H15N3O3. The largest absolute Gasteiger partial charge is 0.350 e. The molecule has 0 aliphatic heterocycles. The Kier molecular flexibility index (Phi) is 3.80. The van der Waals surface area contributed by atoms with E-state index in [9.17, 15) is 14.9 Å². The Morgan fingerprint density at radius 2 is 2.18 bits per heavy atom. The smallest absolute Gasteiger partial charge is 0.270 e. The van der Waals surface area contributed by atoms with Crippen molar-refractivity contribution in [1.29, 1.82) is 0 Å². The van der Waals surface area contributed by atoms with Crippen LogP contribution in [0.2, 0.25) is 0 Å². The topological polar surface area (TPSA) is 98.3 Å². The van der Waals surface area contributed by atoms with Crippen molar-refractivity contribution in [3.63, 3.8) is 0 Å². The maximum atomic E-state index is 11.7. The quantitative estimate of drug-likeness (QED) is 0.604. The van der Waals surface area contributed by atoms with E-state index in [1.54, 1.807) is 13.8 Å². The van der Waals surface area contributed by atoms with Gasteiger partial charge in [0.05, 0.1) is 4.92 Å². The van der Waals surface area contributed by atoms with E-state index in [0.717, 1.165) is 0 Å². The highest BCUT2D eigenvalue weighted by Gasteiger charge is 2.15. The minimum absolute atomic E-state index is 0.107. The zero-order valence-corrected chi connectivity index (χ0v) is 9.77. The number of amides is 1. The molecular weight excluding hydrogens is 222 g/mol. The number of benzene rings is 1. The van der Waals surface area contributed by atoms with Gasteiger partial charge in [0.2, 0.25) is 0 Å². The fourth-order valence-electron chi connectivity index (χ4n) is 1.17. The van der Waals surface area contributed by atoms with Crippen LogP contribution in [0.1, 0.15) is 24.2 Å². The van der Waals surface area contributed by atoms with Crippen molar-refractivity contribution in [2.45, 2.75) is 19.4 Å². The Morgan fingerprint density at radius 3 is 2.71 bits per heavy atom. The van der Waals surface area contributed by atoms with Crippen LogP contribution < -0.4 is 11.1 Å². The molecule has 1 rings (SSSR count). The third-order valence-electron chi connectivity index (χ3n) is 2.02. The molecule has 0 aliphatic rings. The third-order valence-corrected chi connectivity index (χ3v) is 2.02. The summed E-state index contributed by atoms with van der Waals surface area (Å²) in [5.41, 5.74) is 5.35. The van der Waals surface area contributed by atoms with Gasteiger partial charge in [-0.25, -0.2) is 0 Å². The van der Waals surface area contributed by atoms with Crippen LogP contribution >= 0.6 is 0 Å². The molecule has 1 aromatic carbocycles. The molecule has 0 radical (unpaired) electrons. The van der Waals surface area contributed by atoms with E-state index in [0.29, 0.717) is 6.54 Å². The highest BCUT2D eigenvalue weighted by Crippen LogP contribution is 2.12. The fourth-order valence-corrected chi connectivity index (χ4v) is 1.17. The number of nitrogens with two attached hydrogens (primary N) is 1. The molecule has 3 N–H and O–H groups in total. The van der Waals surface area contributed by atoms with Crippen LogP contribution in [-0.4, -0.2) is 22.9 Å². The molecule has 0 fully saturated rings. The zero-order valence-electron chi connectivity index (χ0n) is 9.77. The van der Waals surface area contributed by atoms with Gasteiger partial charge in [-0.05, 0) is 19.9 Å². The van der Waals surface area contributed by atoms with E-state index in [4.69, 9.17) is 5.73 Å². The first-order chi connectivity index (χ1) is 7.79. The lowest BCUT2D eigenvalue weighted by Gasteiger charge is -2.18. The highest BCUT2D eigenvalue weighted by atomic mass is 16.6. The third kappa shape index (κ3) is 4.20. The van der Waals surface area contributed by atoms with Gasteiger partial charge < -0.3 is 11.1 Å². The molecule has 0 aliphatic carbocycles. The minimum Gasteiger partial charge on any atom is -0.350 e. The molecule has 0 aromatic heterocycles. The van der Waals surface area contributed by atoms with Crippen LogP contribution in [0.5, 0.6) is 0 Å². The molecule has 0 unspecified atom stereocenters. The normalized spacial score (nSPS) is 11.0. The number of nitro groups is 1. The van der Waals surface area contributed by atoms with Gasteiger partial charge in [0, 0.05) is 29.8 Å². The van der Waals surface area contributed by atoms with Crippen molar-refractivity contribution in [2.24, 2.45) is 5.73 Å². The number of nitrogens with zero attached hydrogens (tertiary/aromatic N) is 1. The van der Waals surface area contributed by atoms with E-state index in [2.05, 4.69) is 5.32 Å². The van der Waals surface area contributed by atoms with Crippen molar-refractivity contribution in [1.82, 2.24) is 5.32 Å². The molecule has 17 heavy (non-hydrogen) atoms. The molecule has 1 amide bonds. The minimum atomic E-state index is -0.538. The maximum Gasteiger partial charge on any atom is 0.270 e. The van der Waals surface area contributed by atoms with E-state index in [1.807, 2.05) is 0 Å². The van der Waals surface area contributed by atoms with Crippen molar-refractivity contribution < 1.29 is 9.72 Å². The predicted molar refractivity (Wildman–Crippen MR) is 63.7 cm³/mol. The van der Waals surface area contributed by atoms with Gasteiger partial charge in [-0.1, -0.05) is 6.07 Å². The number of nitro benzene ring substituents is 1. The molecule has 0 saturated heterocycles. The summed E-state index contributed by atoms with van der Waals surface area (Å²) in [5, 5.41) is 13.2. The summed E-state index contributed by atoms with van der Waals surface area (Å²) in [7, 11) is 0. The summed E-state index contributed by atoms with van der Waals surface area (Å²) in [5.74, 6) is -0.368. The van der Waals surface area contributed by atoms with Gasteiger partial charge in [0.15, 0.2) is 0 Å². The van der Waals surface area contributed by atoms with Crippen LogP contribution in [0.3, 0.4) is 0 Å². The highest BCUT2D eigenvalue weighted by molar-refractivity contribution is 5.94. The summed E-state index contributed by atoms with van der Waals surface area (Å²) in [6.45, 7) is 3.86. The Morgan fingerprint density at radius 1 is 1.53 bits per heavy atom. The van der Waals surface area contributed by atoms with Crippen molar-refractivity contribution in [2.75, 3.05) is 6.54 Å². The van der Waals surface area contributed by atoms with Crippen LogP contribution in [0, 0.1) is 10.1 Å². The van der Waals surface area contributed by atoms with Crippen LogP contribution in [-0.2, 0) is 0 Å². The zero-order chi connectivity index (χ0) is 13.1. The summed E-state index contributed by atoms with van der Waals surface area (Å²) >= 11 is 0. The number of carbonyl (C=O) groups excluding carboxylic acids is 1. The Bertz CT molecular complexity index is 438. The maximum absolute atomic E-state index is 11.7. The lowest BCUT2D eigenvalue weighted by atomic mass is 10.1. The van der Waals surface area contributed by atoms with Crippen LogP contribution in [0.25, 0.3) is 0 Å². The van der Waals surface area contributed by atoms with Crippen LogP contribution in [0.4, 0.5) is 5.69 Å². The lowest BCUT2D eigenvalue weighted by Crippen LogP contribution is -2.45. The number of carbonyl (C=O) groups is 1. The molecule has 0 saturated carbocycles. The molecule has 6 heteroatoms. The standard InChI is InChI=1S/C11H15N3O3/c1-11(2,12)7-13-10(15)8-4-3-5-9(6-8)14(16)17/h3-6H,7,12H2,1-2H3,(H,13,15). The van der Waals surface area contributed by atoms with Gasteiger partial charge in [0.1, 0.15) is 0 Å². The Hall–Kier alpha value is -1.95. The molecule has 92 valence electrons. The summed E-state index contributed by atoms with van der Waals surface area (Å²) in [6, 6.07) is 5.56. The molecule has 0 spiro atoms. The van der Waals surface area contributed by atoms with E-state index in [-0.39, 0.29) is 17.2 Å². The second kappa shape index (κ2) is 4.92. The molecule has 1 aromatic rings. The first-order valence-corrected chi connectivity index (χ1v) is 5.11. The number of nitrogens with one attached hydrogen (secondary N) is 1. The van der Waals surface area contributed by atoms with Crippen molar-refractivity contribution >= 4 is 11.6 Å². The van der Waals surface area contributed by atoms with Crippen molar-refractivity contribution in [3.05, 3.63) is 39.9 Å². The van der Waals surface area contributed by atoms with E-state index in [1.165, 1.54) is 24.3 Å². The number of hydrogen-bond donors (Lipinski definition) is 2. The number of rotatable bonds is 4. The summed E-state index contributed by atoms with van der Waals surface area (Å²) in [6.07, 6.45) is 0. The Labute approximate surface area is 99.0 Å². The van der Waals surface area contributed by atoms with E-state index >= 15 is 0 Å². The van der Waals surface area contributed by atoms with Gasteiger partial charge >= 0.3 is 0 Å². The SMILES string of the molecule is CC(C)(N)CNC(=O)c1cccc([N+](=O)[O-])c1. The van der Waals surface area contributed by atoms with Gasteiger partial charge in [-0.3, -0.25) is 14.9 Å². The predicted octanol–water partition coefficient (Wildman–Crippen LogP) is 1.06. The molecule has 0 atom stereocenters. The van der Waals surface area contributed by atoms with Gasteiger partial charge in [-0.2, -0.15) is 0 Å². The molecule has 6 nitrogen and oxygen atoms in total. The molecule has 0 heterocycles. The van der Waals surface area contributed by atoms with E-state index < -0.39 is 10.5 Å². The van der Waals surface area contributed by atoms with Crippen LogP contribution in [0.15, 0.2) is 24.3 Å². The average Bonchev–Trinajstić information content (AvgIpc) is 2.25. The second-order valence-electron chi connectivity index (χ2n) is 4.48. The summed E-state index contributed by atoms with van der Waals surface area (Å²) in [4.78, 5) is 21.7. The summed E-state index contributed by atoms with van der Waals surface area (Å²) < 4.78 is 0.